The maximum absolute atomic E-state index is 4.19. The third kappa shape index (κ3) is 4.87. The molecule has 19 heavy (non-hydrogen) atoms. The van der Waals surface area contributed by atoms with Gasteiger partial charge in [-0.05, 0) is 44.1 Å². The molecule has 2 N–H and O–H groups in total. The molecule has 2 rings (SSSR count). The molecule has 0 aromatic rings. The van der Waals surface area contributed by atoms with E-state index in [9.17, 15) is 0 Å². The lowest BCUT2D eigenvalue weighted by atomic mass is 9.99. The first-order chi connectivity index (χ1) is 9.16. The Bertz CT molecular complexity index is 363. The van der Waals surface area contributed by atoms with Crippen LogP contribution in [0.3, 0.4) is 0 Å². The van der Waals surface area contributed by atoms with E-state index in [0.29, 0.717) is 12.0 Å². The van der Waals surface area contributed by atoms with Crippen molar-refractivity contribution >= 4 is 0 Å². The minimum Gasteiger partial charge on any atom is -0.388 e. The Kier molecular flexibility index (Phi) is 5.26. The molecular formula is C17H28N2. The molecule has 0 heterocycles. The predicted octanol–water partition coefficient (Wildman–Crippen LogP) is 3.39. The molecule has 2 atom stereocenters. The SMILES string of the molecule is C=C(NCC1CC1)C(C)C(C)NCC1=CCCC=C1. The van der Waals surface area contributed by atoms with Crippen molar-refractivity contribution in [1.82, 2.24) is 10.6 Å². The zero-order valence-electron chi connectivity index (χ0n) is 12.4. The molecule has 0 aromatic carbocycles. The quantitative estimate of drug-likeness (QED) is 0.699. The van der Waals surface area contributed by atoms with Crippen molar-refractivity contribution in [2.24, 2.45) is 11.8 Å². The van der Waals surface area contributed by atoms with E-state index >= 15 is 0 Å². The smallest absolute Gasteiger partial charge is 0.0204 e. The van der Waals surface area contributed by atoms with Crippen LogP contribution in [-0.4, -0.2) is 19.1 Å². The lowest BCUT2D eigenvalue weighted by molar-refractivity contribution is 0.438. The summed E-state index contributed by atoms with van der Waals surface area (Å²) in [6.07, 6.45) is 12.0. The van der Waals surface area contributed by atoms with Gasteiger partial charge in [0.1, 0.15) is 0 Å². The summed E-state index contributed by atoms with van der Waals surface area (Å²) < 4.78 is 0. The van der Waals surface area contributed by atoms with E-state index in [0.717, 1.165) is 19.0 Å². The topological polar surface area (TPSA) is 24.1 Å². The van der Waals surface area contributed by atoms with Crippen LogP contribution in [0.2, 0.25) is 0 Å². The highest BCUT2D eigenvalue weighted by Crippen LogP contribution is 2.28. The number of hydrogen-bond donors (Lipinski definition) is 2. The van der Waals surface area contributed by atoms with Crippen LogP contribution in [0.5, 0.6) is 0 Å². The Hall–Kier alpha value is -1.02. The Morgan fingerprint density at radius 3 is 2.79 bits per heavy atom. The Morgan fingerprint density at radius 1 is 1.37 bits per heavy atom. The third-order valence-corrected chi connectivity index (χ3v) is 4.31. The first kappa shape index (κ1) is 14.4. The maximum atomic E-state index is 4.19. The minimum atomic E-state index is 0.454. The second-order valence-corrected chi connectivity index (χ2v) is 6.07. The predicted molar refractivity (Wildman–Crippen MR) is 83.0 cm³/mol. The average molecular weight is 260 g/mol. The second kappa shape index (κ2) is 6.95. The lowest BCUT2D eigenvalue weighted by Gasteiger charge is -2.25. The largest absolute Gasteiger partial charge is 0.388 e. The van der Waals surface area contributed by atoms with Crippen LogP contribution >= 0.6 is 0 Å². The number of allylic oxidation sites excluding steroid dienone is 2. The summed E-state index contributed by atoms with van der Waals surface area (Å²) in [5.41, 5.74) is 2.60. The molecule has 2 nitrogen and oxygen atoms in total. The molecule has 2 unspecified atom stereocenters. The van der Waals surface area contributed by atoms with Gasteiger partial charge < -0.3 is 10.6 Å². The van der Waals surface area contributed by atoms with Crippen LogP contribution in [0.25, 0.3) is 0 Å². The lowest BCUT2D eigenvalue weighted by Crippen LogP contribution is -2.37. The van der Waals surface area contributed by atoms with Gasteiger partial charge in [-0.2, -0.15) is 0 Å². The highest BCUT2D eigenvalue weighted by Gasteiger charge is 2.22. The van der Waals surface area contributed by atoms with Crippen LogP contribution < -0.4 is 10.6 Å². The number of nitrogens with one attached hydrogen (secondary N) is 2. The molecule has 1 saturated carbocycles. The van der Waals surface area contributed by atoms with Crippen molar-refractivity contribution in [2.45, 2.75) is 45.6 Å². The van der Waals surface area contributed by atoms with Gasteiger partial charge in [-0.25, -0.2) is 0 Å². The summed E-state index contributed by atoms with van der Waals surface area (Å²) in [4.78, 5) is 0. The van der Waals surface area contributed by atoms with Gasteiger partial charge in [0.2, 0.25) is 0 Å². The normalized spacial score (nSPS) is 21.7. The molecule has 106 valence electrons. The van der Waals surface area contributed by atoms with E-state index in [4.69, 9.17) is 0 Å². The Morgan fingerprint density at radius 2 is 2.16 bits per heavy atom. The van der Waals surface area contributed by atoms with Crippen molar-refractivity contribution in [3.8, 4) is 0 Å². The van der Waals surface area contributed by atoms with E-state index in [1.807, 2.05) is 0 Å². The molecule has 0 saturated heterocycles. The fraction of sp³-hybridized carbons (Fsp3) is 0.647. The molecule has 0 amide bonds. The van der Waals surface area contributed by atoms with Crippen LogP contribution in [0, 0.1) is 11.8 Å². The van der Waals surface area contributed by atoms with Crippen molar-refractivity contribution in [3.63, 3.8) is 0 Å². The Labute approximate surface area is 118 Å². The first-order valence-electron chi connectivity index (χ1n) is 7.68. The van der Waals surface area contributed by atoms with Crippen LogP contribution in [0.4, 0.5) is 0 Å². The summed E-state index contributed by atoms with van der Waals surface area (Å²) in [5.74, 6) is 1.37. The molecule has 2 aliphatic carbocycles. The average Bonchev–Trinajstić information content (AvgIpc) is 3.26. The summed E-state index contributed by atoms with van der Waals surface area (Å²) in [7, 11) is 0. The van der Waals surface area contributed by atoms with Gasteiger partial charge in [-0.15, -0.1) is 0 Å². The fourth-order valence-corrected chi connectivity index (χ4v) is 2.31. The van der Waals surface area contributed by atoms with Crippen LogP contribution in [0.15, 0.2) is 36.1 Å². The summed E-state index contributed by atoms with van der Waals surface area (Å²) >= 11 is 0. The molecule has 2 aliphatic rings. The molecule has 0 bridgehead atoms. The second-order valence-electron chi connectivity index (χ2n) is 6.07. The Balaban J connectivity index is 1.68. The van der Waals surface area contributed by atoms with Gasteiger partial charge in [0.05, 0.1) is 0 Å². The fourth-order valence-electron chi connectivity index (χ4n) is 2.31. The van der Waals surface area contributed by atoms with Gasteiger partial charge in [0, 0.05) is 30.7 Å². The van der Waals surface area contributed by atoms with E-state index in [1.54, 1.807) is 0 Å². The highest BCUT2D eigenvalue weighted by atomic mass is 14.9. The van der Waals surface area contributed by atoms with Crippen LogP contribution in [-0.2, 0) is 0 Å². The van der Waals surface area contributed by atoms with Gasteiger partial charge >= 0.3 is 0 Å². The van der Waals surface area contributed by atoms with Crippen molar-refractivity contribution < 1.29 is 0 Å². The third-order valence-electron chi connectivity index (χ3n) is 4.31. The molecule has 1 fully saturated rings. The number of hydrogen-bond acceptors (Lipinski definition) is 2. The van der Waals surface area contributed by atoms with E-state index in [2.05, 4.69) is 49.3 Å². The van der Waals surface area contributed by atoms with E-state index in [1.165, 1.54) is 37.0 Å². The van der Waals surface area contributed by atoms with Gasteiger partial charge in [-0.1, -0.05) is 31.7 Å². The minimum absolute atomic E-state index is 0.454. The summed E-state index contributed by atoms with van der Waals surface area (Å²) in [6, 6.07) is 0.454. The molecule has 0 radical (unpaired) electrons. The van der Waals surface area contributed by atoms with Crippen molar-refractivity contribution in [1.29, 1.82) is 0 Å². The van der Waals surface area contributed by atoms with Crippen molar-refractivity contribution in [3.05, 3.63) is 36.1 Å². The molecular weight excluding hydrogens is 232 g/mol. The standard InChI is InChI=1S/C17H28N2/c1-13(15(3)19-12-17-9-10-17)14(2)18-11-16-7-5-4-6-8-16/h5,7-8,13-14,17-19H,3-4,6,9-12H2,1-2H3. The summed E-state index contributed by atoms with van der Waals surface area (Å²) in [6.45, 7) is 10.8. The van der Waals surface area contributed by atoms with E-state index < -0.39 is 0 Å². The monoisotopic (exact) mass is 260 g/mol. The molecule has 2 heteroatoms. The van der Waals surface area contributed by atoms with Gasteiger partial charge in [0.25, 0.3) is 0 Å². The number of rotatable bonds is 8. The summed E-state index contributed by atoms with van der Waals surface area (Å²) in [5, 5.41) is 7.12. The molecule has 0 aliphatic heterocycles. The van der Waals surface area contributed by atoms with Crippen molar-refractivity contribution in [2.75, 3.05) is 13.1 Å². The highest BCUT2D eigenvalue weighted by molar-refractivity contribution is 5.23. The zero-order valence-corrected chi connectivity index (χ0v) is 12.4. The maximum Gasteiger partial charge on any atom is 0.0204 e. The first-order valence-corrected chi connectivity index (χ1v) is 7.68. The van der Waals surface area contributed by atoms with E-state index in [-0.39, 0.29) is 0 Å². The van der Waals surface area contributed by atoms with Crippen LogP contribution in [0.1, 0.15) is 39.5 Å². The van der Waals surface area contributed by atoms with Gasteiger partial charge in [0.15, 0.2) is 0 Å². The molecule has 0 aromatic heterocycles. The zero-order chi connectivity index (χ0) is 13.7. The molecule has 0 spiro atoms. The van der Waals surface area contributed by atoms with Gasteiger partial charge in [-0.3, -0.25) is 0 Å².